The van der Waals surface area contributed by atoms with Crippen LogP contribution < -0.4 is 10.2 Å². The molecule has 3 rings (SSSR count). The molecule has 114 valence electrons. The summed E-state index contributed by atoms with van der Waals surface area (Å²) in [4.78, 5) is 14.4. The number of amides is 2. The maximum Gasteiger partial charge on any atom is 0.322 e. The molecule has 1 aliphatic carbocycles. The first-order chi connectivity index (χ1) is 10.1. The lowest BCUT2D eigenvalue weighted by atomic mass is 9.87. The first kappa shape index (κ1) is 14.4. The van der Waals surface area contributed by atoms with E-state index in [0.29, 0.717) is 19.0 Å². The molecular weight excluding hydrogens is 264 g/mol. The highest BCUT2D eigenvalue weighted by Gasteiger charge is 2.35. The zero-order chi connectivity index (χ0) is 14.9. The van der Waals surface area contributed by atoms with E-state index in [2.05, 4.69) is 5.32 Å². The molecule has 0 radical (unpaired) electrons. The number of benzene rings is 1. The van der Waals surface area contributed by atoms with Crippen molar-refractivity contribution in [2.24, 2.45) is 0 Å². The topological polar surface area (TPSA) is 52.6 Å². The number of rotatable bonds is 1. The number of urea groups is 1. The summed E-state index contributed by atoms with van der Waals surface area (Å²) in [6.45, 7) is 2.38. The highest BCUT2D eigenvalue weighted by atomic mass is 16.3. The lowest BCUT2D eigenvalue weighted by Gasteiger charge is -2.38. The Kier molecular flexibility index (Phi) is 3.89. The van der Waals surface area contributed by atoms with E-state index in [1.54, 1.807) is 4.90 Å². The van der Waals surface area contributed by atoms with Gasteiger partial charge < -0.3 is 10.4 Å². The molecule has 0 aromatic heterocycles. The maximum atomic E-state index is 12.6. The Bertz CT molecular complexity index is 521. The Morgan fingerprint density at radius 3 is 2.76 bits per heavy atom. The molecule has 1 fully saturated rings. The highest BCUT2D eigenvalue weighted by molar-refractivity contribution is 5.93. The lowest BCUT2D eigenvalue weighted by Crippen LogP contribution is -2.49. The van der Waals surface area contributed by atoms with Crippen LogP contribution in [0.25, 0.3) is 0 Å². The van der Waals surface area contributed by atoms with Crippen LogP contribution >= 0.6 is 0 Å². The van der Waals surface area contributed by atoms with Crippen LogP contribution in [0, 0.1) is 0 Å². The van der Waals surface area contributed by atoms with Gasteiger partial charge in [-0.3, -0.25) is 4.90 Å². The van der Waals surface area contributed by atoms with Crippen LogP contribution in [0.15, 0.2) is 24.3 Å². The normalized spacial score (nSPS) is 26.3. The molecule has 1 aliphatic heterocycles. The zero-order valence-corrected chi connectivity index (χ0v) is 12.6. The van der Waals surface area contributed by atoms with Gasteiger partial charge in [0, 0.05) is 18.2 Å². The Balaban J connectivity index is 1.78. The van der Waals surface area contributed by atoms with E-state index in [1.807, 2.05) is 31.2 Å². The number of aliphatic hydroxyl groups is 1. The molecule has 2 aliphatic rings. The quantitative estimate of drug-likeness (QED) is 0.834. The molecule has 0 bridgehead atoms. The third kappa shape index (κ3) is 2.91. The van der Waals surface area contributed by atoms with Crippen LogP contribution in [-0.4, -0.2) is 23.7 Å². The monoisotopic (exact) mass is 288 g/mol. The first-order valence-electron chi connectivity index (χ1n) is 7.98. The van der Waals surface area contributed by atoms with Gasteiger partial charge in [0.2, 0.25) is 0 Å². The van der Waals surface area contributed by atoms with Crippen molar-refractivity contribution in [3.8, 4) is 0 Å². The third-order valence-electron chi connectivity index (χ3n) is 4.78. The van der Waals surface area contributed by atoms with E-state index in [4.69, 9.17) is 0 Å². The number of hydrogen-bond acceptors (Lipinski definition) is 2. The molecule has 0 saturated heterocycles. The highest BCUT2D eigenvalue weighted by Crippen LogP contribution is 2.37. The van der Waals surface area contributed by atoms with Gasteiger partial charge in [-0.1, -0.05) is 37.5 Å². The minimum atomic E-state index is -0.849. The third-order valence-corrected chi connectivity index (χ3v) is 4.78. The van der Waals surface area contributed by atoms with E-state index in [1.165, 1.54) is 19.3 Å². The number of hydrogen-bond donors (Lipinski definition) is 2. The van der Waals surface area contributed by atoms with E-state index in [0.717, 1.165) is 24.1 Å². The molecule has 1 unspecified atom stereocenters. The number of carbonyl (C=O) groups is 1. The van der Waals surface area contributed by atoms with Crippen LogP contribution in [0.2, 0.25) is 0 Å². The molecule has 2 amide bonds. The van der Waals surface area contributed by atoms with Gasteiger partial charge in [-0.25, -0.2) is 4.79 Å². The molecule has 4 nitrogen and oxygen atoms in total. The number of para-hydroxylation sites is 1. The van der Waals surface area contributed by atoms with Crippen molar-refractivity contribution in [2.45, 2.75) is 57.1 Å². The van der Waals surface area contributed by atoms with Crippen molar-refractivity contribution in [3.63, 3.8) is 0 Å². The average Bonchev–Trinajstić information content (AvgIpc) is 2.48. The first-order valence-corrected chi connectivity index (χ1v) is 7.98. The second-order valence-electron chi connectivity index (χ2n) is 6.48. The smallest absolute Gasteiger partial charge is 0.322 e. The largest absolute Gasteiger partial charge is 0.385 e. The molecule has 1 aromatic carbocycles. The van der Waals surface area contributed by atoms with Gasteiger partial charge in [0.05, 0.1) is 11.3 Å². The van der Waals surface area contributed by atoms with E-state index >= 15 is 0 Å². The second-order valence-corrected chi connectivity index (χ2v) is 6.48. The Morgan fingerprint density at radius 1 is 1.29 bits per heavy atom. The van der Waals surface area contributed by atoms with Crippen LogP contribution in [0.4, 0.5) is 10.5 Å². The van der Waals surface area contributed by atoms with Crippen molar-refractivity contribution >= 4 is 11.7 Å². The fourth-order valence-electron chi connectivity index (χ4n) is 3.46. The van der Waals surface area contributed by atoms with Crippen LogP contribution in [0.3, 0.4) is 0 Å². The van der Waals surface area contributed by atoms with Gasteiger partial charge in [-0.05, 0) is 32.3 Å². The van der Waals surface area contributed by atoms with Gasteiger partial charge >= 0.3 is 6.03 Å². The van der Waals surface area contributed by atoms with E-state index in [9.17, 15) is 9.90 Å². The van der Waals surface area contributed by atoms with E-state index < -0.39 is 5.60 Å². The van der Waals surface area contributed by atoms with Crippen molar-refractivity contribution in [2.75, 3.05) is 11.4 Å². The van der Waals surface area contributed by atoms with Crippen molar-refractivity contribution in [1.82, 2.24) is 5.32 Å². The second kappa shape index (κ2) is 5.68. The summed E-state index contributed by atoms with van der Waals surface area (Å²) in [5.74, 6) is 0. The SMILES string of the molecule is CC1(O)CCN(C(=O)NC2CCCCC2)c2ccccc21. The minimum Gasteiger partial charge on any atom is -0.385 e. The number of carbonyl (C=O) groups excluding carboxylic acids is 1. The summed E-state index contributed by atoms with van der Waals surface area (Å²) in [6.07, 6.45) is 6.42. The van der Waals surface area contributed by atoms with Gasteiger partial charge in [0.1, 0.15) is 0 Å². The molecule has 1 atom stereocenters. The average molecular weight is 288 g/mol. The molecular formula is C17H24N2O2. The van der Waals surface area contributed by atoms with Gasteiger partial charge in [0.15, 0.2) is 0 Å². The summed E-state index contributed by atoms with van der Waals surface area (Å²) >= 11 is 0. The molecule has 1 saturated carbocycles. The maximum absolute atomic E-state index is 12.6. The van der Waals surface area contributed by atoms with Crippen molar-refractivity contribution in [1.29, 1.82) is 0 Å². The van der Waals surface area contributed by atoms with Gasteiger partial charge in [-0.15, -0.1) is 0 Å². The number of fused-ring (bicyclic) bond motifs is 1. The summed E-state index contributed by atoms with van der Waals surface area (Å²) in [7, 11) is 0. The molecule has 0 spiro atoms. The summed E-state index contributed by atoms with van der Waals surface area (Å²) in [6, 6.07) is 7.95. The van der Waals surface area contributed by atoms with Crippen LogP contribution in [0.5, 0.6) is 0 Å². The summed E-state index contributed by atoms with van der Waals surface area (Å²) in [5.41, 5.74) is 0.829. The predicted octanol–water partition coefficient (Wildman–Crippen LogP) is 3.15. The van der Waals surface area contributed by atoms with Gasteiger partial charge in [0.25, 0.3) is 0 Å². The summed E-state index contributed by atoms with van der Waals surface area (Å²) in [5, 5.41) is 13.7. The van der Waals surface area contributed by atoms with Crippen molar-refractivity contribution in [3.05, 3.63) is 29.8 Å². The number of nitrogens with zero attached hydrogens (tertiary/aromatic N) is 1. The minimum absolute atomic E-state index is 0.0233. The van der Waals surface area contributed by atoms with Crippen LogP contribution in [-0.2, 0) is 5.60 Å². The molecule has 4 heteroatoms. The van der Waals surface area contributed by atoms with Crippen molar-refractivity contribution < 1.29 is 9.90 Å². The van der Waals surface area contributed by atoms with Crippen LogP contribution in [0.1, 0.15) is 51.0 Å². The van der Waals surface area contributed by atoms with E-state index in [-0.39, 0.29) is 6.03 Å². The molecule has 1 aromatic rings. The lowest BCUT2D eigenvalue weighted by molar-refractivity contribution is 0.0463. The molecule has 2 N–H and O–H groups in total. The molecule has 21 heavy (non-hydrogen) atoms. The Hall–Kier alpha value is -1.55. The molecule has 1 heterocycles. The standard InChI is InChI=1S/C17H24N2O2/c1-17(21)11-12-19(15-10-6-5-9-14(15)17)16(20)18-13-7-3-2-4-8-13/h5-6,9-10,13,21H,2-4,7-8,11-12H2,1H3,(H,18,20). The number of anilines is 1. The fourth-order valence-corrected chi connectivity index (χ4v) is 3.46. The van der Waals surface area contributed by atoms with Gasteiger partial charge in [-0.2, -0.15) is 0 Å². The zero-order valence-electron chi connectivity index (χ0n) is 12.6. The Morgan fingerprint density at radius 2 is 2.00 bits per heavy atom. The fraction of sp³-hybridized carbons (Fsp3) is 0.588. The predicted molar refractivity (Wildman–Crippen MR) is 83.4 cm³/mol. The Labute approximate surface area is 126 Å². The number of nitrogens with one attached hydrogen (secondary N) is 1. The summed E-state index contributed by atoms with van der Waals surface area (Å²) < 4.78 is 0.